The lowest BCUT2D eigenvalue weighted by atomic mass is 10.2. The lowest BCUT2D eigenvalue weighted by Gasteiger charge is -2.06. The highest BCUT2D eigenvalue weighted by atomic mass is 32.2. The molecule has 0 aliphatic carbocycles. The second kappa shape index (κ2) is 6.90. The van der Waals surface area contributed by atoms with E-state index in [4.69, 9.17) is 0 Å². The van der Waals surface area contributed by atoms with Crippen molar-refractivity contribution in [2.24, 2.45) is 0 Å². The number of carbonyl (C=O) groups is 1. The Hall–Kier alpha value is -2.52. The number of aromatic nitrogens is 6. The van der Waals surface area contributed by atoms with Crippen LogP contribution in [-0.2, 0) is 0 Å². The molecule has 0 N–H and O–H groups in total. The zero-order chi connectivity index (χ0) is 19.1. The minimum atomic E-state index is 0.0605. The number of hydrogen-bond acceptors (Lipinski definition) is 7. The Morgan fingerprint density at radius 2 is 1.96 bits per heavy atom. The van der Waals surface area contributed by atoms with Gasteiger partial charge in [-0.05, 0) is 39.8 Å². The number of nitrogens with zero attached hydrogens (tertiary/aromatic N) is 6. The van der Waals surface area contributed by atoms with Crippen LogP contribution in [0.5, 0.6) is 0 Å². The van der Waals surface area contributed by atoms with Crippen molar-refractivity contribution in [1.82, 2.24) is 29.1 Å². The van der Waals surface area contributed by atoms with E-state index in [-0.39, 0.29) is 11.5 Å². The molecule has 0 aliphatic rings. The van der Waals surface area contributed by atoms with E-state index in [1.807, 2.05) is 54.2 Å². The van der Waals surface area contributed by atoms with Crippen LogP contribution < -0.4 is 0 Å². The molecule has 7 nitrogen and oxygen atoms in total. The van der Waals surface area contributed by atoms with E-state index in [9.17, 15) is 4.79 Å². The fraction of sp³-hybridized carbons (Fsp3) is 0.278. The molecule has 0 unspecified atom stereocenters. The van der Waals surface area contributed by atoms with Crippen molar-refractivity contribution in [3.8, 4) is 5.13 Å². The highest BCUT2D eigenvalue weighted by Gasteiger charge is 2.19. The van der Waals surface area contributed by atoms with Crippen LogP contribution in [0.3, 0.4) is 0 Å². The first-order valence-electron chi connectivity index (χ1n) is 8.40. The molecule has 0 saturated carbocycles. The zero-order valence-electron chi connectivity index (χ0n) is 15.4. The van der Waals surface area contributed by atoms with Gasteiger partial charge < -0.3 is 0 Å². The third-order valence-corrected chi connectivity index (χ3v) is 6.02. The number of thiazole rings is 1. The molecule has 0 bridgehead atoms. The number of Topliss-reactive ketones (excluding diaryl/α,β-unsaturated/α-hetero) is 1. The first-order valence-corrected chi connectivity index (χ1v) is 10.3. The van der Waals surface area contributed by atoms with Crippen molar-refractivity contribution in [2.75, 3.05) is 5.75 Å². The van der Waals surface area contributed by atoms with Crippen LogP contribution in [0, 0.1) is 27.7 Å². The van der Waals surface area contributed by atoms with Crippen LogP contribution in [0.25, 0.3) is 10.9 Å². The summed E-state index contributed by atoms with van der Waals surface area (Å²) in [5.74, 6) is 0.908. The number of aryl methyl sites for hydroxylation is 3. The van der Waals surface area contributed by atoms with Gasteiger partial charge in [0.1, 0.15) is 0 Å². The summed E-state index contributed by atoms with van der Waals surface area (Å²) in [5, 5.41) is 11.8. The minimum absolute atomic E-state index is 0.0605. The van der Waals surface area contributed by atoms with Gasteiger partial charge in [0.05, 0.1) is 5.75 Å². The van der Waals surface area contributed by atoms with Gasteiger partial charge in [0.2, 0.25) is 0 Å². The first kappa shape index (κ1) is 17.9. The molecule has 4 aromatic heterocycles. The maximum absolute atomic E-state index is 12.8. The van der Waals surface area contributed by atoms with E-state index in [1.165, 1.54) is 11.8 Å². The van der Waals surface area contributed by atoms with E-state index in [0.717, 1.165) is 33.5 Å². The third-order valence-electron chi connectivity index (χ3n) is 4.34. The van der Waals surface area contributed by atoms with Gasteiger partial charge in [-0.15, -0.1) is 21.5 Å². The lowest BCUT2D eigenvalue weighted by molar-refractivity contribution is 0.102. The molecule has 4 rings (SSSR count). The monoisotopic (exact) mass is 398 g/mol. The summed E-state index contributed by atoms with van der Waals surface area (Å²) in [6, 6.07) is 3.90. The molecule has 9 heteroatoms. The first-order chi connectivity index (χ1) is 13.0. The summed E-state index contributed by atoms with van der Waals surface area (Å²) in [5.41, 5.74) is 4.52. The van der Waals surface area contributed by atoms with E-state index in [2.05, 4.69) is 20.2 Å². The highest BCUT2D eigenvalue weighted by Crippen LogP contribution is 2.25. The highest BCUT2D eigenvalue weighted by molar-refractivity contribution is 7.99. The van der Waals surface area contributed by atoms with Crippen LogP contribution in [0.4, 0.5) is 0 Å². The van der Waals surface area contributed by atoms with Gasteiger partial charge in [0, 0.05) is 39.9 Å². The number of carbonyl (C=O) groups excluding carboxylic acids is 1. The molecule has 4 heterocycles. The van der Waals surface area contributed by atoms with Crippen molar-refractivity contribution < 1.29 is 4.79 Å². The smallest absolute Gasteiger partial charge is 0.256 e. The summed E-state index contributed by atoms with van der Waals surface area (Å²) < 4.78 is 3.90. The topological polar surface area (TPSA) is 78.0 Å². The zero-order valence-corrected chi connectivity index (χ0v) is 17.1. The number of fused-ring (bicyclic) bond motifs is 1. The largest absolute Gasteiger partial charge is 0.294 e. The van der Waals surface area contributed by atoms with Gasteiger partial charge in [-0.1, -0.05) is 11.8 Å². The molecule has 0 radical (unpaired) electrons. The number of hydrogen-bond donors (Lipinski definition) is 0. The minimum Gasteiger partial charge on any atom is -0.294 e. The number of thioether (sulfide) groups is 1. The number of ketones is 1. The second-order valence-corrected chi connectivity index (χ2v) is 8.12. The molecule has 0 fully saturated rings. The van der Waals surface area contributed by atoms with Gasteiger partial charge in [0.15, 0.2) is 16.1 Å². The predicted octanol–water partition coefficient (Wildman–Crippen LogP) is 3.58. The Labute approximate surface area is 164 Å². The summed E-state index contributed by atoms with van der Waals surface area (Å²) >= 11 is 2.93. The van der Waals surface area contributed by atoms with Gasteiger partial charge >= 0.3 is 0 Å². The second-order valence-electron chi connectivity index (χ2n) is 6.30. The van der Waals surface area contributed by atoms with Crippen LogP contribution in [0.1, 0.15) is 33.1 Å². The van der Waals surface area contributed by atoms with Crippen LogP contribution in [0.2, 0.25) is 0 Å². The Balaban J connectivity index is 1.58. The maximum Gasteiger partial charge on any atom is 0.256 e. The Morgan fingerprint density at radius 1 is 1.15 bits per heavy atom. The van der Waals surface area contributed by atoms with Crippen molar-refractivity contribution in [3.63, 3.8) is 0 Å². The van der Waals surface area contributed by atoms with E-state index < -0.39 is 0 Å². The predicted molar refractivity (Wildman–Crippen MR) is 106 cm³/mol. The summed E-state index contributed by atoms with van der Waals surface area (Å²) in [6.07, 6.45) is 1.77. The van der Waals surface area contributed by atoms with Gasteiger partial charge in [-0.25, -0.2) is 9.97 Å². The van der Waals surface area contributed by atoms with E-state index >= 15 is 0 Å². The SMILES string of the molecule is Cc1cc(C)n2c(SCC(=O)c3cc(C)n(-c4nccs4)c3C)nnc2n1. The van der Waals surface area contributed by atoms with Crippen LogP contribution in [-0.4, -0.2) is 40.7 Å². The third kappa shape index (κ3) is 3.17. The molecule has 0 saturated heterocycles. The fourth-order valence-corrected chi connectivity index (χ4v) is 4.79. The van der Waals surface area contributed by atoms with Gasteiger partial charge in [-0.2, -0.15) is 0 Å². The summed E-state index contributed by atoms with van der Waals surface area (Å²) in [7, 11) is 0. The quantitative estimate of drug-likeness (QED) is 0.378. The van der Waals surface area contributed by atoms with Crippen molar-refractivity contribution in [2.45, 2.75) is 32.9 Å². The standard InChI is InChI=1S/C18H18N6OS2/c1-10-7-11(2)24-16(20-10)21-22-18(24)27-9-15(25)14-8-12(3)23(13(14)4)17-19-5-6-26-17/h5-8H,9H2,1-4H3. The molecule has 4 aromatic rings. The van der Waals surface area contributed by atoms with Gasteiger partial charge in [0.25, 0.3) is 5.78 Å². The molecule has 0 spiro atoms. The van der Waals surface area contributed by atoms with Gasteiger partial charge in [-0.3, -0.25) is 13.8 Å². The normalized spacial score (nSPS) is 11.4. The fourth-order valence-electron chi connectivity index (χ4n) is 3.17. The Kier molecular flexibility index (Phi) is 4.56. The molecule has 27 heavy (non-hydrogen) atoms. The Morgan fingerprint density at radius 3 is 2.70 bits per heavy atom. The molecule has 0 aromatic carbocycles. The molecule has 0 amide bonds. The molecule has 138 valence electrons. The average Bonchev–Trinajstić information content (AvgIpc) is 3.32. The average molecular weight is 399 g/mol. The molecule has 0 atom stereocenters. The molecule has 0 aliphatic heterocycles. The van der Waals surface area contributed by atoms with E-state index in [0.29, 0.717) is 10.9 Å². The van der Waals surface area contributed by atoms with Crippen molar-refractivity contribution >= 4 is 34.7 Å². The molecular weight excluding hydrogens is 380 g/mol. The van der Waals surface area contributed by atoms with E-state index in [1.54, 1.807) is 17.5 Å². The number of rotatable bonds is 5. The van der Waals surface area contributed by atoms with Crippen LogP contribution in [0.15, 0.2) is 28.9 Å². The molecular formula is C18H18N6OS2. The lowest BCUT2D eigenvalue weighted by Crippen LogP contribution is -2.06. The Bertz CT molecular complexity index is 1140. The van der Waals surface area contributed by atoms with Crippen molar-refractivity contribution in [3.05, 3.63) is 52.0 Å². The van der Waals surface area contributed by atoms with Crippen LogP contribution >= 0.6 is 23.1 Å². The summed E-state index contributed by atoms with van der Waals surface area (Å²) in [4.78, 5) is 21.6. The summed E-state index contributed by atoms with van der Waals surface area (Å²) in [6.45, 7) is 7.85. The maximum atomic E-state index is 12.8. The van der Waals surface area contributed by atoms with Crippen molar-refractivity contribution in [1.29, 1.82) is 0 Å².